The van der Waals surface area contributed by atoms with Gasteiger partial charge in [-0.1, -0.05) is 30.3 Å². The molecule has 27 heavy (non-hydrogen) atoms. The Bertz CT molecular complexity index is 944. The number of sulfonamides is 1. The van der Waals surface area contributed by atoms with Crippen LogP contribution < -0.4 is 11.1 Å². The van der Waals surface area contributed by atoms with Crippen LogP contribution in [0, 0.1) is 5.92 Å². The van der Waals surface area contributed by atoms with Gasteiger partial charge in [-0.3, -0.25) is 9.59 Å². The maximum absolute atomic E-state index is 12.8. The van der Waals surface area contributed by atoms with Crippen LogP contribution in [0.3, 0.4) is 0 Å². The van der Waals surface area contributed by atoms with Crippen molar-refractivity contribution >= 4 is 27.5 Å². The minimum Gasteiger partial charge on any atom is -0.366 e. The molecule has 2 amide bonds. The number of nitrogens with two attached hydrogens (primary N) is 1. The third-order valence-electron chi connectivity index (χ3n) is 4.59. The number of amides is 2. The molecular formula is C19H21N3O4S. The van der Waals surface area contributed by atoms with Gasteiger partial charge in [-0.2, -0.15) is 4.31 Å². The molecule has 2 aromatic carbocycles. The monoisotopic (exact) mass is 387 g/mol. The summed E-state index contributed by atoms with van der Waals surface area (Å²) < 4.78 is 26.9. The molecule has 1 aliphatic rings. The molecule has 0 saturated carbocycles. The summed E-state index contributed by atoms with van der Waals surface area (Å²) in [5, 5.41) is 2.71. The Kier molecular flexibility index (Phi) is 5.57. The molecule has 142 valence electrons. The van der Waals surface area contributed by atoms with Crippen molar-refractivity contribution in [1.29, 1.82) is 0 Å². The molecule has 8 heteroatoms. The number of benzene rings is 2. The summed E-state index contributed by atoms with van der Waals surface area (Å²) in [6, 6.07) is 14.7. The Morgan fingerprint density at radius 2 is 1.70 bits per heavy atom. The zero-order chi connectivity index (χ0) is 19.4. The lowest BCUT2D eigenvalue weighted by atomic mass is 9.98. The number of para-hydroxylation sites is 1. The highest BCUT2D eigenvalue weighted by Crippen LogP contribution is 2.25. The molecule has 0 bridgehead atoms. The Balaban J connectivity index is 1.75. The van der Waals surface area contributed by atoms with E-state index in [4.69, 9.17) is 5.73 Å². The van der Waals surface area contributed by atoms with E-state index in [1.165, 1.54) is 10.4 Å². The van der Waals surface area contributed by atoms with Crippen LogP contribution in [-0.2, 0) is 14.8 Å². The van der Waals surface area contributed by atoms with Crippen LogP contribution in [0.25, 0.3) is 0 Å². The molecule has 1 heterocycles. The van der Waals surface area contributed by atoms with Crippen molar-refractivity contribution in [3.8, 4) is 0 Å². The minimum absolute atomic E-state index is 0.0990. The summed E-state index contributed by atoms with van der Waals surface area (Å²) in [5.41, 5.74) is 5.88. The van der Waals surface area contributed by atoms with E-state index in [1.54, 1.807) is 48.5 Å². The number of carbonyl (C=O) groups is 2. The Labute approximate surface area is 158 Å². The molecule has 7 nitrogen and oxygen atoms in total. The van der Waals surface area contributed by atoms with Crippen molar-refractivity contribution in [2.75, 3.05) is 18.4 Å². The maximum Gasteiger partial charge on any atom is 0.250 e. The van der Waals surface area contributed by atoms with Gasteiger partial charge in [-0.25, -0.2) is 8.42 Å². The van der Waals surface area contributed by atoms with Gasteiger partial charge in [-0.05, 0) is 37.1 Å². The summed E-state index contributed by atoms with van der Waals surface area (Å²) in [5.74, 6) is -1.46. The van der Waals surface area contributed by atoms with Gasteiger partial charge in [0, 0.05) is 13.1 Å². The number of primary amides is 1. The first-order valence-corrected chi connectivity index (χ1v) is 10.1. The zero-order valence-corrected chi connectivity index (χ0v) is 15.5. The van der Waals surface area contributed by atoms with Crippen molar-refractivity contribution in [2.45, 2.75) is 17.7 Å². The highest BCUT2D eigenvalue weighted by Gasteiger charge is 2.33. The molecule has 0 aromatic heterocycles. The minimum atomic E-state index is -3.64. The van der Waals surface area contributed by atoms with Gasteiger partial charge in [0.25, 0.3) is 5.91 Å². The third-order valence-corrected chi connectivity index (χ3v) is 6.47. The van der Waals surface area contributed by atoms with E-state index in [9.17, 15) is 18.0 Å². The van der Waals surface area contributed by atoms with E-state index in [0.29, 0.717) is 25.1 Å². The number of piperidine rings is 1. The average molecular weight is 387 g/mol. The van der Waals surface area contributed by atoms with Crippen LogP contribution in [0.2, 0.25) is 0 Å². The fourth-order valence-electron chi connectivity index (χ4n) is 3.16. The SMILES string of the molecule is NC(=O)c1ccccc1NC(=O)[C@@H]1CCCN(S(=O)(=O)c2ccccc2)C1. The summed E-state index contributed by atoms with van der Waals surface area (Å²) in [4.78, 5) is 24.4. The second kappa shape index (κ2) is 7.89. The number of anilines is 1. The Morgan fingerprint density at radius 1 is 1.04 bits per heavy atom. The molecule has 1 saturated heterocycles. The van der Waals surface area contributed by atoms with Gasteiger partial charge in [-0.15, -0.1) is 0 Å². The molecule has 0 unspecified atom stereocenters. The van der Waals surface area contributed by atoms with Crippen LogP contribution in [0.15, 0.2) is 59.5 Å². The number of hydrogen-bond acceptors (Lipinski definition) is 4. The second-order valence-electron chi connectivity index (χ2n) is 6.41. The van der Waals surface area contributed by atoms with E-state index in [0.717, 1.165) is 0 Å². The van der Waals surface area contributed by atoms with Gasteiger partial charge in [0.05, 0.1) is 22.1 Å². The predicted molar refractivity (Wildman–Crippen MR) is 102 cm³/mol. The third kappa shape index (κ3) is 4.17. The van der Waals surface area contributed by atoms with E-state index in [2.05, 4.69) is 5.32 Å². The van der Waals surface area contributed by atoms with Crippen molar-refractivity contribution in [2.24, 2.45) is 11.7 Å². The number of carbonyl (C=O) groups excluding carboxylic acids is 2. The molecule has 1 aliphatic heterocycles. The highest BCUT2D eigenvalue weighted by molar-refractivity contribution is 7.89. The van der Waals surface area contributed by atoms with Gasteiger partial charge in [0.1, 0.15) is 0 Å². The maximum atomic E-state index is 12.8. The first-order chi connectivity index (χ1) is 12.9. The summed E-state index contributed by atoms with van der Waals surface area (Å²) >= 11 is 0. The predicted octanol–water partition coefficient (Wildman–Crippen LogP) is 1.82. The quantitative estimate of drug-likeness (QED) is 0.815. The summed E-state index contributed by atoms with van der Waals surface area (Å²) in [7, 11) is -3.64. The summed E-state index contributed by atoms with van der Waals surface area (Å²) in [6.07, 6.45) is 1.16. The molecular weight excluding hydrogens is 366 g/mol. The standard InChI is InChI=1S/C19H21N3O4S/c20-18(23)16-10-4-5-11-17(16)21-19(24)14-7-6-12-22(13-14)27(25,26)15-8-2-1-3-9-15/h1-5,8-11,14H,6-7,12-13H2,(H2,20,23)(H,21,24)/t14-/m1/s1. The van der Waals surface area contributed by atoms with Crippen molar-refractivity contribution in [1.82, 2.24) is 4.31 Å². The molecule has 0 radical (unpaired) electrons. The second-order valence-corrected chi connectivity index (χ2v) is 8.35. The van der Waals surface area contributed by atoms with Gasteiger partial charge < -0.3 is 11.1 Å². The number of nitrogens with one attached hydrogen (secondary N) is 1. The lowest BCUT2D eigenvalue weighted by molar-refractivity contribution is -0.120. The molecule has 0 spiro atoms. The Hall–Kier alpha value is -2.71. The molecule has 1 atom stereocenters. The number of nitrogens with zero attached hydrogens (tertiary/aromatic N) is 1. The summed E-state index contributed by atoms with van der Waals surface area (Å²) in [6.45, 7) is 0.473. The highest BCUT2D eigenvalue weighted by atomic mass is 32.2. The van der Waals surface area contributed by atoms with Crippen molar-refractivity contribution < 1.29 is 18.0 Å². The van der Waals surface area contributed by atoms with Gasteiger partial charge in [0.15, 0.2) is 0 Å². The molecule has 3 rings (SSSR count). The largest absolute Gasteiger partial charge is 0.366 e. The first kappa shape index (κ1) is 19.1. The lowest BCUT2D eigenvalue weighted by Crippen LogP contribution is -2.43. The first-order valence-electron chi connectivity index (χ1n) is 8.64. The molecule has 3 N–H and O–H groups in total. The van der Waals surface area contributed by atoms with E-state index in [-0.39, 0.29) is 22.9 Å². The molecule has 1 fully saturated rings. The van der Waals surface area contributed by atoms with Crippen LogP contribution >= 0.6 is 0 Å². The van der Waals surface area contributed by atoms with Gasteiger partial charge in [0.2, 0.25) is 15.9 Å². The van der Waals surface area contributed by atoms with Gasteiger partial charge >= 0.3 is 0 Å². The normalized spacial score (nSPS) is 18.0. The van der Waals surface area contributed by atoms with Crippen LogP contribution in [-0.4, -0.2) is 37.6 Å². The van der Waals surface area contributed by atoms with Crippen molar-refractivity contribution in [3.63, 3.8) is 0 Å². The fraction of sp³-hybridized carbons (Fsp3) is 0.263. The van der Waals surface area contributed by atoms with E-state index in [1.807, 2.05) is 0 Å². The Morgan fingerprint density at radius 3 is 2.41 bits per heavy atom. The molecule has 0 aliphatic carbocycles. The fourth-order valence-corrected chi connectivity index (χ4v) is 4.70. The number of hydrogen-bond donors (Lipinski definition) is 2. The van der Waals surface area contributed by atoms with Crippen LogP contribution in [0.1, 0.15) is 23.2 Å². The molecule has 2 aromatic rings. The topological polar surface area (TPSA) is 110 Å². The van der Waals surface area contributed by atoms with Crippen molar-refractivity contribution in [3.05, 3.63) is 60.2 Å². The van der Waals surface area contributed by atoms with E-state index >= 15 is 0 Å². The van der Waals surface area contributed by atoms with Crippen LogP contribution in [0.4, 0.5) is 5.69 Å². The average Bonchev–Trinajstić information content (AvgIpc) is 2.69. The van der Waals surface area contributed by atoms with E-state index < -0.39 is 21.8 Å². The smallest absolute Gasteiger partial charge is 0.250 e. The zero-order valence-electron chi connectivity index (χ0n) is 14.7. The number of rotatable bonds is 5. The van der Waals surface area contributed by atoms with Crippen LogP contribution in [0.5, 0.6) is 0 Å². The lowest BCUT2D eigenvalue weighted by Gasteiger charge is -2.31.